The summed E-state index contributed by atoms with van der Waals surface area (Å²) in [5, 5.41) is 13.5. The number of carbonyl (C=O) groups is 1. The van der Waals surface area contributed by atoms with Gasteiger partial charge in [0.05, 0.1) is 4.92 Å². The summed E-state index contributed by atoms with van der Waals surface area (Å²) in [5.41, 5.74) is 4.05. The van der Waals surface area contributed by atoms with Gasteiger partial charge in [-0.15, -0.1) is 0 Å². The molecule has 21 heavy (non-hydrogen) atoms. The Morgan fingerprint density at radius 3 is 2.62 bits per heavy atom. The van der Waals surface area contributed by atoms with Gasteiger partial charge in [0.1, 0.15) is 5.69 Å². The third kappa shape index (κ3) is 3.34. The van der Waals surface area contributed by atoms with E-state index in [-0.39, 0.29) is 22.8 Å². The molecule has 0 saturated carbocycles. The largest absolute Gasteiger partial charge is 0.322 e. The molecule has 0 aliphatic rings. The van der Waals surface area contributed by atoms with Gasteiger partial charge in [-0.25, -0.2) is 0 Å². The summed E-state index contributed by atoms with van der Waals surface area (Å²) in [6, 6.07) is 11.3. The predicted molar refractivity (Wildman–Crippen MR) is 80.0 cm³/mol. The van der Waals surface area contributed by atoms with Crippen molar-refractivity contribution in [3.63, 3.8) is 0 Å². The molecular formula is C14H14N4O3. The highest BCUT2D eigenvalue weighted by Gasteiger charge is 2.16. The van der Waals surface area contributed by atoms with E-state index in [0.717, 1.165) is 5.56 Å². The standard InChI is InChI=1S/C14H14N4O3/c1-9-3-2-4-11(7-9)16-14(19)10-5-6-13(18(20)21)12(8-10)17-15/h2-8,17H,15H2,1H3,(H,16,19). The van der Waals surface area contributed by atoms with Gasteiger partial charge in [0, 0.05) is 17.3 Å². The first-order valence-electron chi connectivity index (χ1n) is 6.14. The molecule has 0 aromatic heterocycles. The number of carbonyl (C=O) groups excluding carboxylic acids is 1. The lowest BCUT2D eigenvalue weighted by atomic mass is 10.1. The minimum atomic E-state index is -0.572. The molecule has 0 saturated heterocycles. The average molecular weight is 286 g/mol. The molecule has 0 spiro atoms. The van der Waals surface area contributed by atoms with Crippen LogP contribution in [0.3, 0.4) is 0 Å². The molecule has 0 fully saturated rings. The van der Waals surface area contributed by atoms with Crippen LogP contribution >= 0.6 is 0 Å². The number of nitro benzene ring substituents is 1. The number of rotatable bonds is 4. The van der Waals surface area contributed by atoms with Gasteiger partial charge in [-0.1, -0.05) is 12.1 Å². The predicted octanol–water partition coefficient (Wildman–Crippen LogP) is 2.44. The van der Waals surface area contributed by atoms with Crippen LogP contribution in [0.4, 0.5) is 17.1 Å². The van der Waals surface area contributed by atoms with Gasteiger partial charge in [-0.2, -0.15) is 0 Å². The van der Waals surface area contributed by atoms with Gasteiger partial charge in [-0.3, -0.25) is 20.8 Å². The molecule has 2 aromatic rings. The summed E-state index contributed by atoms with van der Waals surface area (Å²) in [6.45, 7) is 1.91. The van der Waals surface area contributed by atoms with Crippen molar-refractivity contribution in [2.45, 2.75) is 6.92 Å². The van der Waals surface area contributed by atoms with Crippen LogP contribution < -0.4 is 16.6 Å². The fourth-order valence-electron chi connectivity index (χ4n) is 1.88. The van der Waals surface area contributed by atoms with Gasteiger partial charge in [-0.05, 0) is 36.8 Å². The number of nitrogens with two attached hydrogens (primary N) is 1. The van der Waals surface area contributed by atoms with E-state index < -0.39 is 4.92 Å². The Morgan fingerprint density at radius 2 is 2.00 bits per heavy atom. The number of hydrogen-bond donors (Lipinski definition) is 3. The smallest absolute Gasteiger partial charge is 0.293 e. The highest BCUT2D eigenvalue weighted by molar-refractivity contribution is 6.05. The fraction of sp³-hybridized carbons (Fsp3) is 0.0714. The van der Waals surface area contributed by atoms with Gasteiger partial charge in [0.2, 0.25) is 0 Å². The van der Waals surface area contributed by atoms with E-state index in [4.69, 9.17) is 5.84 Å². The van der Waals surface area contributed by atoms with E-state index in [0.29, 0.717) is 5.69 Å². The topological polar surface area (TPSA) is 110 Å². The lowest BCUT2D eigenvalue weighted by Crippen LogP contribution is -2.14. The summed E-state index contributed by atoms with van der Waals surface area (Å²) >= 11 is 0. The zero-order valence-electron chi connectivity index (χ0n) is 11.3. The number of hydrogen-bond acceptors (Lipinski definition) is 5. The molecule has 0 aliphatic carbocycles. The number of nitrogens with zero attached hydrogens (tertiary/aromatic N) is 1. The molecule has 7 nitrogen and oxygen atoms in total. The van der Waals surface area contributed by atoms with Crippen LogP contribution in [0, 0.1) is 17.0 Å². The van der Waals surface area contributed by atoms with Crippen molar-refractivity contribution in [2.24, 2.45) is 5.84 Å². The van der Waals surface area contributed by atoms with Gasteiger partial charge in [0.25, 0.3) is 11.6 Å². The fourth-order valence-corrected chi connectivity index (χ4v) is 1.88. The van der Waals surface area contributed by atoms with Crippen LogP contribution in [0.5, 0.6) is 0 Å². The van der Waals surface area contributed by atoms with Crippen molar-refractivity contribution < 1.29 is 9.72 Å². The third-order valence-corrected chi connectivity index (χ3v) is 2.89. The van der Waals surface area contributed by atoms with Crippen LogP contribution in [0.2, 0.25) is 0 Å². The Bertz CT molecular complexity index is 700. The number of nitro groups is 1. The first kappa shape index (κ1) is 14.5. The van der Waals surface area contributed by atoms with Gasteiger partial charge >= 0.3 is 0 Å². The minimum Gasteiger partial charge on any atom is -0.322 e. The maximum atomic E-state index is 12.1. The van der Waals surface area contributed by atoms with Crippen molar-refractivity contribution in [2.75, 3.05) is 10.7 Å². The van der Waals surface area contributed by atoms with Gasteiger partial charge in [0.15, 0.2) is 0 Å². The minimum absolute atomic E-state index is 0.0805. The highest BCUT2D eigenvalue weighted by Crippen LogP contribution is 2.25. The van der Waals surface area contributed by atoms with E-state index in [9.17, 15) is 14.9 Å². The quantitative estimate of drug-likeness (QED) is 0.454. The Labute approximate surface area is 120 Å². The Hall–Kier alpha value is -2.93. The molecule has 1 amide bonds. The summed E-state index contributed by atoms with van der Waals surface area (Å²) in [6.07, 6.45) is 0. The molecule has 108 valence electrons. The molecule has 0 atom stereocenters. The highest BCUT2D eigenvalue weighted by atomic mass is 16.6. The third-order valence-electron chi connectivity index (χ3n) is 2.89. The van der Waals surface area contributed by atoms with Crippen LogP contribution in [-0.2, 0) is 0 Å². The number of hydrazine groups is 1. The molecule has 2 aromatic carbocycles. The maximum absolute atomic E-state index is 12.1. The van der Waals surface area contributed by atoms with Crippen molar-refractivity contribution in [1.82, 2.24) is 0 Å². The first-order valence-corrected chi connectivity index (χ1v) is 6.14. The number of nitrogen functional groups attached to an aromatic ring is 1. The Balaban J connectivity index is 2.25. The molecule has 4 N–H and O–H groups in total. The molecule has 0 unspecified atom stereocenters. The molecule has 0 aliphatic heterocycles. The van der Waals surface area contributed by atoms with Crippen LogP contribution in [0.15, 0.2) is 42.5 Å². The van der Waals surface area contributed by atoms with E-state index in [1.54, 1.807) is 6.07 Å². The molecular weight excluding hydrogens is 272 g/mol. The summed E-state index contributed by atoms with van der Waals surface area (Å²) in [5.74, 6) is 4.88. The molecule has 7 heteroatoms. The van der Waals surface area contributed by atoms with Crippen LogP contribution in [0.25, 0.3) is 0 Å². The Morgan fingerprint density at radius 1 is 1.24 bits per heavy atom. The normalized spacial score (nSPS) is 10.0. The maximum Gasteiger partial charge on any atom is 0.293 e. The number of aryl methyl sites for hydroxylation is 1. The number of anilines is 2. The SMILES string of the molecule is Cc1cccc(NC(=O)c2ccc([N+](=O)[O-])c(NN)c2)c1. The molecule has 0 heterocycles. The summed E-state index contributed by atoms with van der Waals surface area (Å²) in [7, 11) is 0. The summed E-state index contributed by atoms with van der Waals surface area (Å²) in [4.78, 5) is 22.4. The second kappa shape index (κ2) is 6.02. The number of nitrogens with one attached hydrogen (secondary N) is 2. The lowest BCUT2D eigenvalue weighted by molar-refractivity contribution is -0.384. The zero-order valence-corrected chi connectivity index (χ0v) is 11.3. The molecule has 2 rings (SSSR count). The van der Waals surface area contributed by atoms with E-state index in [2.05, 4.69) is 10.7 Å². The molecule has 0 radical (unpaired) electrons. The van der Waals surface area contributed by atoms with Gasteiger partial charge < -0.3 is 10.7 Å². The first-order chi connectivity index (χ1) is 10.0. The van der Waals surface area contributed by atoms with Crippen LogP contribution in [0.1, 0.15) is 15.9 Å². The Kier molecular flexibility index (Phi) is 4.15. The monoisotopic (exact) mass is 286 g/mol. The van der Waals surface area contributed by atoms with E-state index in [1.165, 1.54) is 18.2 Å². The van der Waals surface area contributed by atoms with Crippen molar-refractivity contribution in [3.8, 4) is 0 Å². The number of benzene rings is 2. The van der Waals surface area contributed by atoms with Crippen LogP contribution in [-0.4, -0.2) is 10.8 Å². The second-order valence-electron chi connectivity index (χ2n) is 4.46. The van der Waals surface area contributed by atoms with Crippen molar-refractivity contribution in [1.29, 1.82) is 0 Å². The second-order valence-corrected chi connectivity index (χ2v) is 4.46. The van der Waals surface area contributed by atoms with E-state index >= 15 is 0 Å². The summed E-state index contributed by atoms with van der Waals surface area (Å²) < 4.78 is 0. The lowest BCUT2D eigenvalue weighted by Gasteiger charge is -2.08. The molecule has 0 bridgehead atoms. The van der Waals surface area contributed by atoms with E-state index in [1.807, 2.05) is 25.1 Å². The van der Waals surface area contributed by atoms with Crippen molar-refractivity contribution in [3.05, 3.63) is 63.7 Å². The number of amides is 1. The average Bonchev–Trinajstić information content (AvgIpc) is 2.46. The van der Waals surface area contributed by atoms with Crippen molar-refractivity contribution >= 4 is 23.0 Å². The zero-order chi connectivity index (χ0) is 15.4.